The predicted octanol–water partition coefficient (Wildman–Crippen LogP) is -1.01. The van der Waals surface area contributed by atoms with Gasteiger partial charge in [0, 0.05) is 38.3 Å². The number of aryl methyl sites for hydroxylation is 1. The van der Waals surface area contributed by atoms with E-state index in [-0.39, 0.29) is 24.3 Å². The highest BCUT2D eigenvalue weighted by molar-refractivity contribution is 4.89. The molecule has 0 spiro atoms. The van der Waals surface area contributed by atoms with Crippen molar-refractivity contribution in [3.63, 3.8) is 0 Å². The summed E-state index contributed by atoms with van der Waals surface area (Å²) in [5.41, 5.74) is 4.62. The number of nitrogens with two attached hydrogens (primary N) is 1. The first-order chi connectivity index (χ1) is 7.20. The van der Waals surface area contributed by atoms with Gasteiger partial charge in [0.25, 0.3) is 5.56 Å². The van der Waals surface area contributed by atoms with Crippen molar-refractivity contribution in [3.05, 3.63) is 33.1 Å². The maximum Gasteiger partial charge on any atom is 0.331 e. The van der Waals surface area contributed by atoms with Crippen molar-refractivity contribution >= 4 is 0 Å². The van der Waals surface area contributed by atoms with Gasteiger partial charge < -0.3 is 5.73 Å². The van der Waals surface area contributed by atoms with E-state index in [1.54, 1.807) is 0 Å². The first kappa shape index (κ1) is 11.3. The topological polar surface area (TPSA) is 70.0 Å². The second kappa shape index (κ2) is 5.17. The zero-order chi connectivity index (χ0) is 11.3. The average Bonchev–Trinajstić information content (AvgIpc) is 2.23. The fourth-order valence-corrected chi connectivity index (χ4v) is 1.25. The van der Waals surface area contributed by atoms with Gasteiger partial charge in [-0.1, -0.05) is 0 Å². The van der Waals surface area contributed by atoms with Gasteiger partial charge >= 0.3 is 5.69 Å². The lowest BCUT2D eigenvalue weighted by molar-refractivity contribution is 0.561. The van der Waals surface area contributed by atoms with Crippen LogP contribution in [0.3, 0.4) is 0 Å². The normalized spacial score (nSPS) is 9.87. The summed E-state index contributed by atoms with van der Waals surface area (Å²) in [7, 11) is 0. The Kier molecular flexibility index (Phi) is 3.89. The highest BCUT2D eigenvalue weighted by atomic mass is 16.2. The molecule has 1 heterocycles. The smallest absolute Gasteiger partial charge is 0.329 e. The molecule has 0 atom stereocenters. The van der Waals surface area contributed by atoms with E-state index in [4.69, 9.17) is 12.2 Å². The largest absolute Gasteiger partial charge is 0.331 e. The second-order valence-electron chi connectivity index (χ2n) is 3.02. The molecule has 15 heavy (non-hydrogen) atoms. The Balaban J connectivity index is 3.12. The number of aromatic nitrogens is 2. The highest BCUT2D eigenvalue weighted by Crippen LogP contribution is 1.83. The van der Waals surface area contributed by atoms with Gasteiger partial charge in [0.05, 0.1) is 0 Å². The maximum atomic E-state index is 11.7. The summed E-state index contributed by atoms with van der Waals surface area (Å²) < 4.78 is 2.52. The van der Waals surface area contributed by atoms with E-state index >= 15 is 0 Å². The van der Waals surface area contributed by atoms with Crippen LogP contribution in [0.4, 0.5) is 0 Å². The zero-order valence-electron chi connectivity index (χ0n) is 8.35. The van der Waals surface area contributed by atoms with Crippen LogP contribution < -0.4 is 17.0 Å². The molecule has 0 bridgehead atoms. The van der Waals surface area contributed by atoms with Gasteiger partial charge in [0.1, 0.15) is 0 Å². The first-order valence-corrected chi connectivity index (χ1v) is 4.64. The molecule has 0 aromatic carbocycles. The average molecular weight is 207 g/mol. The van der Waals surface area contributed by atoms with E-state index in [1.807, 2.05) is 0 Å². The van der Waals surface area contributed by atoms with Crippen molar-refractivity contribution in [2.45, 2.75) is 19.5 Å². The van der Waals surface area contributed by atoms with E-state index < -0.39 is 0 Å². The number of terminal acetylenes is 1. The van der Waals surface area contributed by atoms with Gasteiger partial charge in [0.2, 0.25) is 0 Å². The summed E-state index contributed by atoms with van der Waals surface area (Å²) in [6.07, 6.45) is 7.01. The second-order valence-corrected chi connectivity index (χ2v) is 3.02. The summed E-state index contributed by atoms with van der Waals surface area (Å²) >= 11 is 0. The van der Waals surface area contributed by atoms with Crippen molar-refractivity contribution in [2.75, 3.05) is 6.54 Å². The van der Waals surface area contributed by atoms with E-state index in [1.165, 1.54) is 16.8 Å². The Morgan fingerprint density at radius 2 is 2.13 bits per heavy atom. The highest BCUT2D eigenvalue weighted by Gasteiger charge is 2.02. The summed E-state index contributed by atoms with van der Waals surface area (Å²) in [5.74, 6) is 2.44. The number of rotatable bonds is 4. The summed E-state index contributed by atoms with van der Waals surface area (Å²) in [6, 6.07) is 1.34. The minimum Gasteiger partial charge on any atom is -0.329 e. The lowest BCUT2D eigenvalue weighted by Gasteiger charge is -2.07. The van der Waals surface area contributed by atoms with Crippen LogP contribution in [-0.2, 0) is 13.1 Å². The van der Waals surface area contributed by atoms with Crippen LogP contribution in [0.2, 0.25) is 0 Å². The van der Waals surface area contributed by atoms with Crippen molar-refractivity contribution in [1.29, 1.82) is 0 Å². The zero-order valence-corrected chi connectivity index (χ0v) is 8.35. The molecule has 1 aromatic heterocycles. The van der Waals surface area contributed by atoms with Crippen LogP contribution in [0, 0.1) is 12.3 Å². The van der Waals surface area contributed by atoms with E-state index in [0.717, 1.165) is 4.57 Å². The fraction of sp³-hybridized carbons (Fsp3) is 0.400. The number of hydrogen-bond donors (Lipinski definition) is 1. The van der Waals surface area contributed by atoms with Gasteiger partial charge in [-0.3, -0.25) is 13.9 Å². The van der Waals surface area contributed by atoms with Crippen LogP contribution in [0.5, 0.6) is 0 Å². The number of nitrogens with zero attached hydrogens (tertiary/aromatic N) is 2. The molecule has 2 N–H and O–H groups in total. The molecule has 0 fully saturated rings. The van der Waals surface area contributed by atoms with Crippen molar-refractivity contribution in [3.8, 4) is 12.3 Å². The molecular formula is C10H13N3O2. The SMILES string of the molecule is C#CCCn1ccc(=O)n(CCN)c1=O. The minimum absolute atomic E-state index is 0.231. The van der Waals surface area contributed by atoms with Crippen molar-refractivity contribution < 1.29 is 0 Å². The molecule has 0 saturated carbocycles. The van der Waals surface area contributed by atoms with Crippen molar-refractivity contribution in [2.24, 2.45) is 5.73 Å². The van der Waals surface area contributed by atoms with Crippen LogP contribution in [0.1, 0.15) is 6.42 Å². The monoisotopic (exact) mass is 207 g/mol. The Bertz CT molecular complexity index is 479. The Hall–Kier alpha value is -1.80. The van der Waals surface area contributed by atoms with Crippen LogP contribution in [-0.4, -0.2) is 15.7 Å². The summed E-state index contributed by atoms with van der Waals surface area (Å²) in [4.78, 5) is 23.0. The molecule has 0 aliphatic carbocycles. The lowest BCUT2D eigenvalue weighted by atomic mass is 10.4. The maximum absolute atomic E-state index is 11.7. The van der Waals surface area contributed by atoms with E-state index in [0.29, 0.717) is 13.0 Å². The predicted molar refractivity (Wildman–Crippen MR) is 57.5 cm³/mol. The molecule has 5 nitrogen and oxygen atoms in total. The standard InChI is InChI=1S/C10H13N3O2/c1-2-3-6-12-7-4-9(14)13(8-5-11)10(12)15/h1,4,7H,3,5-6,8,11H2. The van der Waals surface area contributed by atoms with Crippen molar-refractivity contribution in [1.82, 2.24) is 9.13 Å². The molecule has 1 aromatic rings. The summed E-state index contributed by atoms with van der Waals surface area (Å²) in [6.45, 7) is 0.906. The molecule has 80 valence electrons. The third kappa shape index (κ3) is 2.58. The Morgan fingerprint density at radius 1 is 1.40 bits per heavy atom. The lowest BCUT2D eigenvalue weighted by Crippen LogP contribution is -2.40. The quantitative estimate of drug-likeness (QED) is 0.643. The Labute approximate surface area is 87.1 Å². The summed E-state index contributed by atoms with van der Waals surface area (Å²) in [5, 5.41) is 0. The van der Waals surface area contributed by atoms with Crippen LogP contribution in [0.15, 0.2) is 21.9 Å². The molecular weight excluding hydrogens is 194 g/mol. The molecule has 5 heteroatoms. The van der Waals surface area contributed by atoms with Crippen LogP contribution >= 0.6 is 0 Å². The molecule has 0 radical (unpaired) electrons. The van der Waals surface area contributed by atoms with Gasteiger partial charge in [-0.05, 0) is 0 Å². The van der Waals surface area contributed by atoms with Gasteiger partial charge in [-0.25, -0.2) is 4.79 Å². The minimum atomic E-state index is -0.358. The molecule has 0 aliphatic rings. The van der Waals surface area contributed by atoms with Gasteiger partial charge in [-0.15, -0.1) is 12.3 Å². The van der Waals surface area contributed by atoms with Gasteiger partial charge in [-0.2, -0.15) is 0 Å². The molecule has 0 unspecified atom stereocenters. The third-order valence-corrected chi connectivity index (χ3v) is 1.99. The molecule has 0 aliphatic heterocycles. The van der Waals surface area contributed by atoms with Gasteiger partial charge in [0.15, 0.2) is 0 Å². The number of hydrogen-bond acceptors (Lipinski definition) is 3. The molecule has 0 amide bonds. The van der Waals surface area contributed by atoms with Crippen LogP contribution in [0.25, 0.3) is 0 Å². The fourth-order valence-electron chi connectivity index (χ4n) is 1.25. The third-order valence-electron chi connectivity index (χ3n) is 1.99. The van der Waals surface area contributed by atoms with E-state index in [2.05, 4.69) is 5.92 Å². The Morgan fingerprint density at radius 3 is 2.73 bits per heavy atom. The first-order valence-electron chi connectivity index (χ1n) is 4.64. The van der Waals surface area contributed by atoms with E-state index in [9.17, 15) is 9.59 Å². The molecule has 1 rings (SSSR count). The molecule has 0 saturated heterocycles.